The van der Waals surface area contributed by atoms with Crippen LogP contribution in [0, 0.1) is 12.7 Å². The molecule has 0 unspecified atom stereocenters. The Balaban J connectivity index is 1.61. The van der Waals surface area contributed by atoms with Gasteiger partial charge in [0.15, 0.2) is 11.5 Å². The van der Waals surface area contributed by atoms with Gasteiger partial charge in [-0.05, 0) is 63.5 Å². The second-order valence-corrected chi connectivity index (χ2v) is 9.88. The highest BCUT2D eigenvalue weighted by molar-refractivity contribution is 7.92. The van der Waals surface area contributed by atoms with Crippen molar-refractivity contribution < 1.29 is 17.5 Å². The Bertz CT molecular complexity index is 1440. The lowest BCUT2D eigenvalue weighted by atomic mass is 10.2. The van der Waals surface area contributed by atoms with Gasteiger partial charge in [-0.2, -0.15) is 10.1 Å². The van der Waals surface area contributed by atoms with Gasteiger partial charge in [-0.1, -0.05) is 11.6 Å². The minimum absolute atomic E-state index is 0.113. The van der Waals surface area contributed by atoms with Crippen molar-refractivity contribution in [1.29, 1.82) is 0 Å². The number of hydrogen-bond donors (Lipinski definition) is 2. The molecule has 0 aliphatic carbocycles. The third-order valence-electron chi connectivity index (χ3n) is 4.92. The molecule has 4 rings (SSSR count). The number of likely N-dealkylation sites (N-methyl/N-ethyl adjacent to an activating group) is 1. The summed E-state index contributed by atoms with van der Waals surface area (Å²) < 4.78 is 47.5. The number of sulfonamides is 1. The summed E-state index contributed by atoms with van der Waals surface area (Å²) in [6.45, 7) is 2.98. The van der Waals surface area contributed by atoms with Crippen molar-refractivity contribution in [2.45, 2.75) is 11.8 Å². The summed E-state index contributed by atoms with van der Waals surface area (Å²) in [6.07, 6.45) is 0. The molecule has 34 heavy (non-hydrogen) atoms. The summed E-state index contributed by atoms with van der Waals surface area (Å²) in [5.41, 5.74) is 2.12. The molecule has 12 heteroatoms. The van der Waals surface area contributed by atoms with E-state index in [0.29, 0.717) is 41.5 Å². The lowest BCUT2D eigenvalue weighted by molar-refractivity contribution is 0.256. The van der Waals surface area contributed by atoms with Crippen molar-refractivity contribution in [3.63, 3.8) is 0 Å². The van der Waals surface area contributed by atoms with Crippen LogP contribution >= 0.6 is 11.6 Å². The lowest BCUT2D eigenvalue weighted by Gasteiger charge is -2.12. The van der Waals surface area contributed by atoms with Gasteiger partial charge in [-0.3, -0.25) is 9.82 Å². The van der Waals surface area contributed by atoms with Crippen molar-refractivity contribution in [3.05, 3.63) is 59.0 Å². The number of hydrogen-bond acceptors (Lipinski definition) is 7. The predicted octanol–water partition coefficient (Wildman–Crippen LogP) is 3.86. The van der Waals surface area contributed by atoms with Gasteiger partial charge in [0.1, 0.15) is 22.7 Å². The number of aryl methyl sites for hydroxylation is 1. The van der Waals surface area contributed by atoms with Gasteiger partial charge < -0.3 is 9.64 Å². The van der Waals surface area contributed by atoms with Crippen molar-refractivity contribution in [3.8, 4) is 17.3 Å². The van der Waals surface area contributed by atoms with Gasteiger partial charge in [0, 0.05) is 22.8 Å². The first-order chi connectivity index (χ1) is 16.1. The number of fused-ring (bicyclic) bond motifs is 1. The number of ether oxygens (including phenoxy) is 1. The summed E-state index contributed by atoms with van der Waals surface area (Å²) in [5.74, 6) is -0.104. The lowest BCUT2D eigenvalue weighted by Crippen LogP contribution is -2.19. The maximum absolute atomic E-state index is 14.0. The SMILES string of the molecule is Cc1n[nH]c2nc(-c3ccc(NS(=O)(=O)c4cc(Cl)ccc4F)cc3)nc(OCCN(C)C)c12. The molecule has 178 valence electrons. The van der Waals surface area contributed by atoms with Gasteiger partial charge in [0.2, 0.25) is 5.88 Å². The number of benzene rings is 2. The summed E-state index contributed by atoms with van der Waals surface area (Å²) in [7, 11) is -0.275. The molecule has 0 radical (unpaired) electrons. The van der Waals surface area contributed by atoms with E-state index >= 15 is 0 Å². The van der Waals surface area contributed by atoms with Crippen LogP contribution in [0.15, 0.2) is 47.4 Å². The van der Waals surface area contributed by atoms with E-state index in [9.17, 15) is 12.8 Å². The van der Waals surface area contributed by atoms with Gasteiger partial charge >= 0.3 is 0 Å². The molecule has 2 N–H and O–H groups in total. The molecule has 2 aromatic heterocycles. The fraction of sp³-hybridized carbons (Fsp3) is 0.227. The highest BCUT2D eigenvalue weighted by Crippen LogP contribution is 2.29. The van der Waals surface area contributed by atoms with E-state index in [4.69, 9.17) is 16.3 Å². The van der Waals surface area contributed by atoms with Crippen LogP contribution < -0.4 is 9.46 Å². The van der Waals surface area contributed by atoms with Crippen LogP contribution in [0.4, 0.5) is 10.1 Å². The molecule has 0 bridgehead atoms. The predicted molar refractivity (Wildman–Crippen MR) is 128 cm³/mol. The van der Waals surface area contributed by atoms with Crippen LogP contribution in [-0.4, -0.2) is 60.7 Å². The topological polar surface area (TPSA) is 113 Å². The Kier molecular flexibility index (Phi) is 6.69. The first kappa shape index (κ1) is 23.9. The highest BCUT2D eigenvalue weighted by atomic mass is 35.5. The molecular formula is C22H22ClFN6O3S. The van der Waals surface area contributed by atoms with E-state index < -0.39 is 20.7 Å². The van der Waals surface area contributed by atoms with E-state index in [-0.39, 0.29) is 10.7 Å². The van der Waals surface area contributed by atoms with Crippen molar-refractivity contribution in [2.75, 3.05) is 32.0 Å². The van der Waals surface area contributed by atoms with Crippen LogP contribution in [0.3, 0.4) is 0 Å². The van der Waals surface area contributed by atoms with Gasteiger partial charge in [-0.15, -0.1) is 0 Å². The summed E-state index contributed by atoms with van der Waals surface area (Å²) >= 11 is 5.82. The first-order valence-electron chi connectivity index (χ1n) is 10.2. The van der Waals surface area contributed by atoms with Gasteiger partial charge in [-0.25, -0.2) is 17.8 Å². The van der Waals surface area contributed by atoms with Crippen LogP contribution in [-0.2, 0) is 10.0 Å². The van der Waals surface area contributed by atoms with Crippen molar-refractivity contribution in [2.24, 2.45) is 0 Å². The molecule has 0 fully saturated rings. The molecule has 0 saturated heterocycles. The molecule has 0 saturated carbocycles. The maximum atomic E-state index is 14.0. The Morgan fingerprint density at radius 1 is 1.15 bits per heavy atom. The minimum atomic E-state index is -4.17. The van der Waals surface area contributed by atoms with E-state index in [1.54, 1.807) is 12.1 Å². The van der Waals surface area contributed by atoms with E-state index in [0.717, 1.165) is 17.8 Å². The molecule has 0 aliphatic heterocycles. The van der Waals surface area contributed by atoms with Crippen molar-refractivity contribution in [1.82, 2.24) is 25.1 Å². The Morgan fingerprint density at radius 3 is 2.59 bits per heavy atom. The first-order valence-corrected chi connectivity index (χ1v) is 12.1. The fourth-order valence-electron chi connectivity index (χ4n) is 3.18. The smallest absolute Gasteiger partial charge is 0.264 e. The standard InChI is InChI=1S/C22H22ClFN6O3S/c1-13-19-21(28-27-13)25-20(26-22(19)33-11-10-30(2)3)14-4-7-16(8-5-14)29-34(31,32)18-12-15(23)6-9-17(18)24/h4-9,12,29H,10-11H2,1-3H3,(H,25,26,27,28). The number of rotatable bonds is 8. The number of halogens is 2. The number of H-pyrrole nitrogens is 1. The fourth-order valence-corrected chi connectivity index (χ4v) is 4.58. The average Bonchev–Trinajstić information content (AvgIpc) is 3.16. The third-order valence-corrected chi connectivity index (χ3v) is 6.55. The quantitative estimate of drug-likeness (QED) is 0.374. The molecule has 9 nitrogen and oxygen atoms in total. The highest BCUT2D eigenvalue weighted by Gasteiger charge is 2.20. The molecule has 2 aromatic carbocycles. The molecule has 4 aromatic rings. The monoisotopic (exact) mass is 504 g/mol. The normalized spacial score (nSPS) is 11.8. The molecule has 0 aliphatic rings. The zero-order valence-electron chi connectivity index (χ0n) is 18.6. The second-order valence-electron chi connectivity index (χ2n) is 7.79. The molecule has 0 amide bonds. The maximum Gasteiger partial charge on any atom is 0.264 e. The Hall–Kier alpha value is -3.28. The second kappa shape index (κ2) is 9.53. The van der Waals surface area contributed by atoms with Crippen LogP contribution in [0.25, 0.3) is 22.4 Å². The Morgan fingerprint density at radius 2 is 1.88 bits per heavy atom. The van der Waals surface area contributed by atoms with Gasteiger partial charge in [0.05, 0.1) is 5.69 Å². The molecular weight excluding hydrogens is 483 g/mol. The molecule has 0 spiro atoms. The average molecular weight is 505 g/mol. The number of nitrogens with one attached hydrogen (secondary N) is 2. The number of nitrogens with zero attached hydrogens (tertiary/aromatic N) is 4. The van der Waals surface area contributed by atoms with Crippen molar-refractivity contribution >= 4 is 38.3 Å². The number of aromatic amines is 1. The largest absolute Gasteiger partial charge is 0.476 e. The zero-order valence-corrected chi connectivity index (χ0v) is 20.2. The summed E-state index contributed by atoms with van der Waals surface area (Å²) in [4.78, 5) is 10.5. The third kappa shape index (κ3) is 5.11. The van der Waals surface area contributed by atoms with E-state index in [2.05, 4.69) is 24.9 Å². The summed E-state index contributed by atoms with van der Waals surface area (Å²) in [6, 6.07) is 9.71. The van der Waals surface area contributed by atoms with E-state index in [1.165, 1.54) is 18.2 Å². The van der Waals surface area contributed by atoms with E-state index in [1.807, 2.05) is 25.9 Å². The molecule has 2 heterocycles. The number of anilines is 1. The van der Waals surface area contributed by atoms with Crippen LogP contribution in [0.2, 0.25) is 5.02 Å². The van der Waals surface area contributed by atoms with Crippen LogP contribution in [0.1, 0.15) is 5.69 Å². The minimum Gasteiger partial charge on any atom is -0.476 e. The Labute approximate surface area is 201 Å². The van der Waals surface area contributed by atoms with Crippen LogP contribution in [0.5, 0.6) is 5.88 Å². The van der Waals surface area contributed by atoms with Gasteiger partial charge in [0.25, 0.3) is 10.0 Å². The zero-order chi connectivity index (χ0) is 24.5. The summed E-state index contributed by atoms with van der Waals surface area (Å²) in [5, 5.41) is 7.89. The number of aromatic nitrogens is 4. The molecule has 0 atom stereocenters.